The number of aromatic nitrogens is 5. The molecule has 6 rings (SSSR count). The van der Waals surface area contributed by atoms with Gasteiger partial charge in [0.2, 0.25) is 0 Å². The van der Waals surface area contributed by atoms with Crippen LogP contribution in [0.3, 0.4) is 0 Å². The topological polar surface area (TPSA) is 136 Å². The number of aliphatic hydroxyl groups excluding tert-OH is 1. The van der Waals surface area contributed by atoms with Gasteiger partial charge < -0.3 is 20.3 Å². The molecule has 5 heterocycles. The van der Waals surface area contributed by atoms with E-state index in [0.717, 1.165) is 27.8 Å². The Morgan fingerprint density at radius 1 is 1.22 bits per heavy atom. The predicted octanol–water partition coefficient (Wildman–Crippen LogP) is 4.06. The number of nitriles is 1. The molecule has 10 nitrogen and oxygen atoms in total. The molecule has 0 bridgehead atoms. The summed E-state index contributed by atoms with van der Waals surface area (Å²) >= 11 is 6.01. The number of piperidine rings is 1. The summed E-state index contributed by atoms with van der Waals surface area (Å²) in [5.74, 6) is -0.740. The number of fused-ring (bicyclic) bond motifs is 1. The quantitative estimate of drug-likeness (QED) is 0.290. The van der Waals surface area contributed by atoms with Crippen LogP contribution in [0.25, 0.3) is 33.4 Å². The number of aromatic amines is 1. The van der Waals surface area contributed by atoms with Gasteiger partial charge >= 0.3 is 0 Å². The number of nitrogens with one attached hydrogen (secondary N) is 2. The number of carbonyl (C=O) groups excluding carboxylic acids is 1. The standard InChI is InChI=1S/C29H24ClFN8O2/c1-38-14-18(13-35-38)23-9-19-26(17(10-32)12-34-28(19)36-23)16-5-6-25(33-11-16)39-8-7-22(24(40)15-39)37-29(41)27-20(30)3-2-4-21(27)31/h2-6,9,11-14,22,24,40H,7-8,15H2,1H3,(H,34,36)(H,37,41)/t22-,24-/m0/s1. The van der Waals surface area contributed by atoms with Crippen molar-refractivity contribution in [1.29, 1.82) is 5.26 Å². The summed E-state index contributed by atoms with van der Waals surface area (Å²) in [4.78, 5) is 26.9. The minimum atomic E-state index is -0.907. The lowest BCUT2D eigenvalue weighted by molar-refractivity contribution is 0.0794. The van der Waals surface area contributed by atoms with Crippen LogP contribution in [0.4, 0.5) is 10.2 Å². The number of benzene rings is 1. The van der Waals surface area contributed by atoms with Crippen LogP contribution in [0.1, 0.15) is 22.3 Å². The monoisotopic (exact) mass is 570 g/mol. The zero-order chi connectivity index (χ0) is 28.7. The first-order valence-corrected chi connectivity index (χ1v) is 13.3. The predicted molar refractivity (Wildman–Crippen MR) is 152 cm³/mol. The summed E-state index contributed by atoms with van der Waals surface area (Å²) in [6, 6.07) is 11.4. The van der Waals surface area contributed by atoms with E-state index in [9.17, 15) is 19.6 Å². The molecule has 12 heteroatoms. The second-order valence-corrected chi connectivity index (χ2v) is 10.3. The zero-order valence-corrected chi connectivity index (χ0v) is 22.6. The number of nitrogens with zero attached hydrogens (tertiary/aromatic N) is 6. The van der Waals surface area contributed by atoms with E-state index in [1.54, 1.807) is 23.3 Å². The molecular formula is C29H24ClFN8O2. The van der Waals surface area contributed by atoms with Crippen molar-refractivity contribution in [2.75, 3.05) is 18.0 Å². The van der Waals surface area contributed by atoms with E-state index < -0.39 is 23.9 Å². The van der Waals surface area contributed by atoms with Crippen molar-refractivity contribution >= 4 is 34.4 Å². The maximum absolute atomic E-state index is 14.2. The molecule has 1 fully saturated rings. The molecule has 4 aromatic heterocycles. The fourth-order valence-corrected chi connectivity index (χ4v) is 5.42. The minimum absolute atomic E-state index is 0.0117. The van der Waals surface area contributed by atoms with Crippen LogP contribution in [0.15, 0.2) is 61.2 Å². The number of aliphatic hydroxyl groups is 1. The average Bonchev–Trinajstić information content (AvgIpc) is 3.60. The van der Waals surface area contributed by atoms with Gasteiger partial charge in [-0.15, -0.1) is 0 Å². The number of rotatable bonds is 5. The van der Waals surface area contributed by atoms with E-state index >= 15 is 0 Å². The number of H-pyrrole nitrogens is 1. The molecule has 1 aliphatic heterocycles. The zero-order valence-electron chi connectivity index (χ0n) is 21.8. The number of β-amino-alcohol motifs (C(OH)–C–C–N with tert-alkyl or cyclic N) is 1. The van der Waals surface area contributed by atoms with Gasteiger partial charge in [-0.1, -0.05) is 17.7 Å². The van der Waals surface area contributed by atoms with Gasteiger partial charge in [0.1, 0.15) is 23.4 Å². The highest BCUT2D eigenvalue weighted by Gasteiger charge is 2.31. The van der Waals surface area contributed by atoms with Gasteiger partial charge in [0.05, 0.1) is 40.2 Å². The molecule has 1 aliphatic rings. The SMILES string of the molecule is Cn1cc(-c2cc3c(-c4ccc(N5CC[C@H](NC(=O)c6c(F)cccc6Cl)[C@@H](O)C5)nc4)c(C#N)cnc3[nH]2)cn1. The van der Waals surface area contributed by atoms with Gasteiger partial charge in [-0.2, -0.15) is 10.4 Å². The van der Waals surface area contributed by atoms with Gasteiger partial charge in [-0.3, -0.25) is 9.48 Å². The second kappa shape index (κ2) is 10.6. The number of aryl methyl sites for hydroxylation is 1. The lowest BCUT2D eigenvalue weighted by Gasteiger charge is -2.37. The van der Waals surface area contributed by atoms with E-state index in [4.69, 9.17) is 11.6 Å². The molecule has 0 radical (unpaired) electrons. The Labute approximate surface area is 239 Å². The van der Waals surface area contributed by atoms with Crippen molar-refractivity contribution in [2.45, 2.75) is 18.6 Å². The summed E-state index contributed by atoms with van der Waals surface area (Å²) in [7, 11) is 1.84. The minimum Gasteiger partial charge on any atom is -0.389 e. The fourth-order valence-electron chi connectivity index (χ4n) is 5.17. The highest BCUT2D eigenvalue weighted by atomic mass is 35.5. The Hall–Kier alpha value is -4.79. The normalized spacial score (nSPS) is 17.0. The van der Waals surface area contributed by atoms with E-state index in [0.29, 0.717) is 30.0 Å². The largest absolute Gasteiger partial charge is 0.389 e. The van der Waals surface area contributed by atoms with E-state index in [1.807, 2.05) is 36.3 Å². The Bertz CT molecular complexity index is 1790. The van der Waals surface area contributed by atoms with E-state index in [2.05, 4.69) is 31.4 Å². The molecule has 2 atom stereocenters. The summed E-state index contributed by atoms with van der Waals surface area (Å²) in [6.45, 7) is 0.728. The van der Waals surface area contributed by atoms with Crippen LogP contribution in [0.5, 0.6) is 0 Å². The van der Waals surface area contributed by atoms with Crippen LogP contribution < -0.4 is 10.2 Å². The van der Waals surface area contributed by atoms with Gasteiger partial charge in [0.25, 0.3) is 5.91 Å². The molecule has 0 aliphatic carbocycles. The van der Waals surface area contributed by atoms with Crippen LogP contribution in [0.2, 0.25) is 5.02 Å². The van der Waals surface area contributed by atoms with Gasteiger partial charge in [-0.25, -0.2) is 14.4 Å². The summed E-state index contributed by atoms with van der Waals surface area (Å²) in [6.07, 6.45) is 6.40. The number of carbonyl (C=O) groups is 1. The lowest BCUT2D eigenvalue weighted by atomic mass is 9.99. The van der Waals surface area contributed by atoms with E-state index in [1.165, 1.54) is 18.2 Å². The molecule has 3 N–H and O–H groups in total. The van der Waals surface area contributed by atoms with Crippen LogP contribution in [0, 0.1) is 17.1 Å². The molecule has 0 unspecified atom stereocenters. The van der Waals surface area contributed by atoms with Crippen LogP contribution in [-0.2, 0) is 7.05 Å². The van der Waals surface area contributed by atoms with Crippen molar-refractivity contribution in [3.05, 3.63) is 83.2 Å². The molecule has 5 aromatic rings. The van der Waals surface area contributed by atoms with Crippen molar-refractivity contribution in [2.24, 2.45) is 7.05 Å². The number of pyridine rings is 2. The molecule has 1 amide bonds. The van der Waals surface area contributed by atoms with Gasteiger partial charge in [0, 0.05) is 60.8 Å². The third kappa shape index (κ3) is 4.99. The van der Waals surface area contributed by atoms with Crippen LogP contribution in [-0.4, -0.2) is 61.0 Å². The molecule has 1 aromatic carbocycles. The van der Waals surface area contributed by atoms with Crippen LogP contribution >= 0.6 is 11.6 Å². The van der Waals surface area contributed by atoms with Crippen molar-refractivity contribution in [3.8, 4) is 28.5 Å². The van der Waals surface area contributed by atoms with Crippen molar-refractivity contribution in [3.63, 3.8) is 0 Å². The Morgan fingerprint density at radius 3 is 2.76 bits per heavy atom. The first-order valence-electron chi connectivity index (χ1n) is 12.9. The van der Waals surface area contributed by atoms with E-state index in [-0.39, 0.29) is 17.1 Å². The lowest BCUT2D eigenvalue weighted by Crippen LogP contribution is -2.54. The Morgan fingerprint density at radius 2 is 2.07 bits per heavy atom. The molecular weight excluding hydrogens is 547 g/mol. The summed E-state index contributed by atoms with van der Waals surface area (Å²) < 4.78 is 15.9. The van der Waals surface area contributed by atoms with Crippen molar-refractivity contribution in [1.82, 2.24) is 30.0 Å². The number of amides is 1. The third-order valence-corrected chi connectivity index (χ3v) is 7.56. The van der Waals surface area contributed by atoms with Gasteiger partial charge in [-0.05, 0) is 36.8 Å². The molecule has 0 saturated carbocycles. The third-order valence-electron chi connectivity index (χ3n) is 7.24. The second-order valence-electron chi connectivity index (χ2n) is 9.89. The van der Waals surface area contributed by atoms with Gasteiger partial charge in [0.15, 0.2) is 0 Å². The first kappa shape index (κ1) is 26.4. The summed E-state index contributed by atoms with van der Waals surface area (Å²) in [5, 5.41) is 28.3. The maximum atomic E-state index is 14.2. The Kier molecular flexibility index (Phi) is 6.86. The first-order chi connectivity index (χ1) is 19.8. The molecule has 41 heavy (non-hydrogen) atoms. The number of hydrogen-bond acceptors (Lipinski definition) is 7. The molecule has 0 spiro atoms. The number of anilines is 1. The molecule has 1 saturated heterocycles. The number of halogens is 2. The smallest absolute Gasteiger partial charge is 0.256 e. The fraction of sp³-hybridized carbons (Fsp3) is 0.207. The molecule has 206 valence electrons. The average molecular weight is 571 g/mol. The maximum Gasteiger partial charge on any atom is 0.256 e. The highest BCUT2D eigenvalue weighted by Crippen LogP contribution is 2.34. The Balaban J connectivity index is 1.20. The highest BCUT2D eigenvalue weighted by molar-refractivity contribution is 6.33. The van der Waals surface area contributed by atoms with Crippen molar-refractivity contribution < 1.29 is 14.3 Å². The summed E-state index contributed by atoms with van der Waals surface area (Å²) in [5.41, 5.74) is 4.03. The number of hydrogen-bond donors (Lipinski definition) is 3.